The molecular formula is C20H28N6O3. The summed E-state index contributed by atoms with van der Waals surface area (Å²) in [4.78, 5) is 13.7. The van der Waals surface area contributed by atoms with E-state index in [0.29, 0.717) is 35.2 Å². The van der Waals surface area contributed by atoms with E-state index in [4.69, 9.17) is 5.73 Å². The highest BCUT2D eigenvalue weighted by Gasteiger charge is 2.21. The molecule has 2 aromatic heterocycles. The SMILES string of the molecule is CC(C)C(CO)Nc1nc(Cc2ccc(O)c(O)c2)c2nc(N)n(C(C)C)c2n1. The monoisotopic (exact) mass is 400 g/mol. The van der Waals surface area contributed by atoms with Crippen LogP contribution in [0.1, 0.15) is 45.0 Å². The third-order valence-corrected chi connectivity index (χ3v) is 4.88. The zero-order chi connectivity index (χ0) is 21.3. The average Bonchev–Trinajstić information content (AvgIpc) is 2.98. The number of fused-ring (bicyclic) bond motifs is 1. The Morgan fingerprint density at radius 1 is 1.07 bits per heavy atom. The normalized spacial score (nSPS) is 12.8. The van der Waals surface area contributed by atoms with Crippen LogP contribution in [0.3, 0.4) is 0 Å². The molecule has 0 amide bonds. The lowest BCUT2D eigenvalue weighted by Crippen LogP contribution is -2.30. The van der Waals surface area contributed by atoms with Gasteiger partial charge in [-0.25, -0.2) is 9.97 Å². The minimum absolute atomic E-state index is 0.0482. The molecule has 0 aliphatic carbocycles. The molecule has 9 nitrogen and oxygen atoms in total. The molecule has 0 aliphatic rings. The molecule has 1 aromatic carbocycles. The van der Waals surface area contributed by atoms with E-state index in [1.54, 1.807) is 6.07 Å². The van der Waals surface area contributed by atoms with Gasteiger partial charge in [-0.05, 0) is 37.5 Å². The number of hydrogen-bond acceptors (Lipinski definition) is 8. The first-order valence-corrected chi connectivity index (χ1v) is 9.63. The van der Waals surface area contributed by atoms with E-state index in [2.05, 4.69) is 20.3 Å². The molecule has 3 rings (SSSR count). The fourth-order valence-corrected chi connectivity index (χ4v) is 3.21. The summed E-state index contributed by atoms with van der Waals surface area (Å²) in [7, 11) is 0. The topological polar surface area (TPSA) is 142 Å². The second kappa shape index (κ2) is 8.12. The van der Waals surface area contributed by atoms with Gasteiger partial charge in [0.1, 0.15) is 5.52 Å². The second-order valence-corrected chi connectivity index (χ2v) is 7.78. The van der Waals surface area contributed by atoms with E-state index in [1.807, 2.05) is 32.3 Å². The smallest absolute Gasteiger partial charge is 0.225 e. The quantitative estimate of drug-likeness (QED) is 0.381. The maximum absolute atomic E-state index is 9.82. The minimum atomic E-state index is -0.203. The van der Waals surface area contributed by atoms with Gasteiger partial charge in [-0.1, -0.05) is 19.9 Å². The van der Waals surface area contributed by atoms with Crippen molar-refractivity contribution < 1.29 is 15.3 Å². The molecule has 156 valence electrons. The van der Waals surface area contributed by atoms with Gasteiger partial charge in [0.15, 0.2) is 17.1 Å². The minimum Gasteiger partial charge on any atom is -0.504 e. The van der Waals surface area contributed by atoms with Crippen molar-refractivity contribution in [2.75, 3.05) is 17.7 Å². The molecule has 0 fully saturated rings. The maximum Gasteiger partial charge on any atom is 0.225 e. The van der Waals surface area contributed by atoms with Crippen LogP contribution in [0.25, 0.3) is 11.2 Å². The van der Waals surface area contributed by atoms with E-state index < -0.39 is 0 Å². The largest absolute Gasteiger partial charge is 0.504 e. The van der Waals surface area contributed by atoms with Gasteiger partial charge in [-0.2, -0.15) is 4.98 Å². The Bertz CT molecular complexity index is 1020. The van der Waals surface area contributed by atoms with Crippen LogP contribution in [-0.2, 0) is 6.42 Å². The molecule has 0 saturated carbocycles. The van der Waals surface area contributed by atoms with Crippen molar-refractivity contribution in [2.24, 2.45) is 5.92 Å². The molecule has 1 atom stereocenters. The molecule has 0 aliphatic heterocycles. The van der Waals surface area contributed by atoms with E-state index >= 15 is 0 Å². The molecule has 3 aromatic rings. The second-order valence-electron chi connectivity index (χ2n) is 7.78. The number of hydrogen-bond donors (Lipinski definition) is 5. The number of aliphatic hydroxyl groups excluding tert-OH is 1. The summed E-state index contributed by atoms with van der Waals surface area (Å²) < 4.78 is 1.84. The van der Waals surface area contributed by atoms with Gasteiger partial charge in [0.05, 0.1) is 18.3 Å². The molecule has 0 saturated heterocycles. The van der Waals surface area contributed by atoms with E-state index in [-0.39, 0.29) is 36.1 Å². The van der Waals surface area contributed by atoms with Crippen LogP contribution in [-0.4, -0.2) is 47.5 Å². The van der Waals surface area contributed by atoms with Crippen LogP contribution in [0.5, 0.6) is 11.5 Å². The molecule has 6 N–H and O–H groups in total. The lowest BCUT2D eigenvalue weighted by Gasteiger charge is -2.20. The van der Waals surface area contributed by atoms with Gasteiger partial charge in [-0.15, -0.1) is 0 Å². The van der Waals surface area contributed by atoms with Gasteiger partial charge in [0.25, 0.3) is 0 Å². The highest BCUT2D eigenvalue weighted by Crippen LogP contribution is 2.29. The number of rotatable bonds is 7. The standard InChI is InChI=1S/C20H28N6O3/c1-10(2)14(9-27)23-20-22-13(7-12-5-6-15(28)16(29)8-12)17-18(25-20)26(11(3)4)19(21)24-17/h5-6,8,10-11,14,27-29H,7,9H2,1-4H3,(H2,21,24)(H,22,23,25). The van der Waals surface area contributed by atoms with Gasteiger partial charge in [0.2, 0.25) is 11.9 Å². The Hall–Kier alpha value is -3.07. The number of aromatic hydroxyl groups is 2. The van der Waals surface area contributed by atoms with Gasteiger partial charge in [0, 0.05) is 12.5 Å². The van der Waals surface area contributed by atoms with Crippen LogP contribution < -0.4 is 11.1 Å². The first-order chi connectivity index (χ1) is 13.7. The summed E-state index contributed by atoms with van der Waals surface area (Å²) in [6, 6.07) is 4.48. The van der Waals surface area contributed by atoms with Crippen LogP contribution in [0.15, 0.2) is 18.2 Å². The number of benzene rings is 1. The first-order valence-electron chi connectivity index (χ1n) is 9.63. The van der Waals surface area contributed by atoms with Crippen molar-refractivity contribution in [1.29, 1.82) is 0 Å². The first kappa shape index (κ1) is 20.7. The number of anilines is 2. The summed E-state index contributed by atoms with van der Waals surface area (Å²) in [6.07, 6.45) is 0.363. The van der Waals surface area contributed by atoms with Crippen molar-refractivity contribution in [2.45, 2.75) is 46.2 Å². The van der Waals surface area contributed by atoms with Crippen LogP contribution in [0, 0.1) is 5.92 Å². The third kappa shape index (κ3) is 4.19. The predicted molar refractivity (Wildman–Crippen MR) is 112 cm³/mol. The summed E-state index contributed by atoms with van der Waals surface area (Å²) >= 11 is 0. The number of nitrogens with two attached hydrogens (primary N) is 1. The van der Waals surface area contributed by atoms with Crippen LogP contribution in [0.4, 0.5) is 11.9 Å². The van der Waals surface area contributed by atoms with Crippen molar-refractivity contribution in [3.63, 3.8) is 0 Å². The van der Waals surface area contributed by atoms with Crippen molar-refractivity contribution in [3.05, 3.63) is 29.5 Å². The number of phenols is 2. The van der Waals surface area contributed by atoms with Crippen molar-refractivity contribution in [3.8, 4) is 11.5 Å². The number of aliphatic hydroxyl groups is 1. The average molecular weight is 400 g/mol. The Labute approximate surface area is 169 Å². The van der Waals surface area contributed by atoms with E-state index in [0.717, 1.165) is 5.56 Å². The summed E-state index contributed by atoms with van der Waals surface area (Å²) in [5.41, 5.74) is 8.71. The third-order valence-electron chi connectivity index (χ3n) is 4.88. The lowest BCUT2D eigenvalue weighted by molar-refractivity contribution is 0.248. The number of nitrogens with one attached hydrogen (secondary N) is 1. The van der Waals surface area contributed by atoms with Crippen LogP contribution >= 0.6 is 0 Å². The molecule has 2 heterocycles. The number of phenolic OH excluding ortho intramolecular Hbond substituents is 2. The highest BCUT2D eigenvalue weighted by atomic mass is 16.3. The number of imidazole rings is 1. The zero-order valence-electron chi connectivity index (χ0n) is 17.1. The Morgan fingerprint density at radius 3 is 2.38 bits per heavy atom. The summed E-state index contributed by atoms with van der Waals surface area (Å²) in [6.45, 7) is 7.95. The highest BCUT2D eigenvalue weighted by molar-refractivity contribution is 5.78. The van der Waals surface area contributed by atoms with E-state index in [1.165, 1.54) is 12.1 Å². The Kier molecular flexibility index (Phi) is 5.78. The lowest BCUT2D eigenvalue weighted by atomic mass is 10.1. The molecule has 0 bridgehead atoms. The van der Waals surface area contributed by atoms with Crippen LogP contribution in [0.2, 0.25) is 0 Å². The molecular weight excluding hydrogens is 372 g/mol. The predicted octanol–water partition coefficient (Wildman–Crippen LogP) is 2.42. The van der Waals surface area contributed by atoms with Crippen molar-refractivity contribution >= 4 is 23.1 Å². The fourth-order valence-electron chi connectivity index (χ4n) is 3.21. The molecule has 0 spiro atoms. The number of aromatic nitrogens is 4. The fraction of sp³-hybridized carbons (Fsp3) is 0.450. The number of nitrogen functional groups attached to an aromatic ring is 1. The molecule has 29 heavy (non-hydrogen) atoms. The Morgan fingerprint density at radius 2 is 1.79 bits per heavy atom. The van der Waals surface area contributed by atoms with Crippen molar-refractivity contribution in [1.82, 2.24) is 19.5 Å². The molecule has 0 radical (unpaired) electrons. The zero-order valence-corrected chi connectivity index (χ0v) is 17.1. The molecule has 9 heteroatoms. The maximum atomic E-state index is 9.82. The van der Waals surface area contributed by atoms with Gasteiger partial charge in [-0.3, -0.25) is 4.57 Å². The van der Waals surface area contributed by atoms with Gasteiger partial charge >= 0.3 is 0 Å². The Balaban J connectivity index is 2.12. The van der Waals surface area contributed by atoms with E-state index in [9.17, 15) is 15.3 Å². The number of nitrogens with zero attached hydrogens (tertiary/aromatic N) is 4. The molecule has 1 unspecified atom stereocenters. The summed E-state index contributed by atoms with van der Waals surface area (Å²) in [5.74, 6) is 0.527. The van der Waals surface area contributed by atoms with Gasteiger partial charge < -0.3 is 26.4 Å². The summed E-state index contributed by atoms with van der Waals surface area (Å²) in [5, 5.41) is 32.3.